The quantitative estimate of drug-likeness (QED) is 0.465. The van der Waals surface area contributed by atoms with Crippen LogP contribution in [0, 0.1) is 0 Å². The first kappa shape index (κ1) is 16.5. The summed E-state index contributed by atoms with van der Waals surface area (Å²) in [6.07, 6.45) is 10.8. The minimum atomic E-state index is -0.673. The van der Waals surface area contributed by atoms with E-state index in [1.165, 1.54) is 44.1 Å². The lowest BCUT2D eigenvalue weighted by Crippen LogP contribution is -1.93. The molecule has 3 heteroatoms. The van der Waals surface area contributed by atoms with Crippen molar-refractivity contribution in [2.75, 3.05) is 5.73 Å². The third-order valence-electron chi connectivity index (χ3n) is 3.59. The second-order valence-corrected chi connectivity index (χ2v) is 5.46. The van der Waals surface area contributed by atoms with E-state index in [9.17, 15) is 4.79 Å². The van der Waals surface area contributed by atoms with Crippen LogP contribution >= 0.6 is 0 Å². The maximum atomic E-state index is 10.3. The van der Waals surface area contributed by atoms with Crippen molar-refractivity contribution in [1.82, 2.24) is 0 Å². The molecular formula is C17H27NO2. The van der Waals surface area contributed by atoms with Gasteiger partial charge in [-0.05, 0) is 37.0 Å². The average molecular weight is 277 g/mol. The van der Waals surface area contributed by atoms with E-state index in [4.69, 9.17) is 10.8 Å². The van der Waals surface area contributed by atoms with Crippen molar-refractivity contribution >= 4 is 11.7 Å². The fourth-order valence-corrected chi connectivity index (χ4v) is 2.35. The summed E-state index contributed by atoms with van der Waals surface area (Å²) in [6.45, 7) is 0. The molecule has 0 aliphatic heterocycles. The Balaban J connectivity index is 1.87. The van der Waals surface area contributed by atoms with Crippen molar-refractivity contribution in [2.24, 2.45) is 0 Å². The molecule has 1 rings (SSSR count). The predicted octanol–water partition coefficient (Wildman–Crippen LogP) is 4.41. The van der Waals surface area contributed by atoms with Crippen LogP contribution < -0.4 is 5.73 Å². The molecule has 0 amide bonds. The first-order chi connectivity index (χ1) is 9.68. The SMILES string of the molecule is Nc1ccc(CCCCCCCCCCC(=O)O)cc1. The number of carboxylic acid groups (broad SMARTS) is 1. The molecule has 1 aromatic rings. The van der Waals surface area contributed by atoms with Crippen LogP contribution in [0.1, 0.15) is 63.4 Å². The Bertz CT molecular complexity index is 373. The van der Waals surface area contributed by atoms with Gasteiger partial charge in [-0.15, -0.1) is 0 Å². The number of benzene rings is 1. The largest absolute Gasteiger partial charge is 0.481 e. The molecule has 0 radical (unpaired) electrons. The van der Waals surface area contributed by atoms with Crippen LogP contribution in [0.15, 0.2) is 24.3 Å². The van der Waals surface area contributed by atoms with Gasteiger partial charge in [-0.2, -0.15) is 0 Å². The molecule has 0 saturated carbocycles. The summed E-state index contributed by atoms with van der Waals surface area (Å²) < 4.78 is 0. The summed E-state index contributed by atoms with van der Waals surface area (Å²) in [5.74, 6) is -0.673. The molecule has 0 aliphatic rings. The number of nitrogen functional groups attached to an aromatic ring is 1. The van der Waals surface area contributed by atoms with Crippen LogP contribution in [0.5, 0.6) is 0 Å². The zero-order chi connectivity index (χ0) is 14.6. The van der Waals surface area contributed by atoms with Crippen molar-refractivity contribution in [3.05, 3.63) is 29.8 Å². The Morgan fingerprint density at radius 3 is 1.90 bits per heavy atom. The van der Waals surface area contributed by atoms with E-state index in [0.29, 0.717) is 6.42 Å². The maximum absolute atomic E-state index is 10.3. The summed E-state index contributed by atoms with van der Waals surface area (Å²) in [7, 11) is 0. The molecule has 20 heavy (non-hydrogen) atoms. The van der Waals surface area contributed by atoms with Gasteiger partial charge in [0, 0.05) is 12.1 Å². The molecule has 0 heterocycles. The van der Waals surface area contributed by atoms with Gasteiger partial charge in [0.15, 0.2) is 0 Å². The van der Waals surface area contributed by atoms with Crippen molar-refractivity contribution in [1.29, 1.82) is 0 Å². The predicted molar refractivity (Wildman–Crippen MR) is 83.7 cm³/mol. The van der Waals surface area contributed by atoms with E-state index in [1.54, 1.807) is 0 Å². The minimum Gasteiger partial charge on any atom is -0.481 e. The summed E-state index contributed by atoms with van der Waals surface area (Å²) in [5.41, 5.74) is 7.85. The van der Waals surface area contributed by atoms with Gasteiger partial charge in [0.05, 0.1) is 0 Å². The standard InChI is InChI=1S/C17H27NO2/c18-16-13-11-15(12-14-16)9-7-5-3-1-2-4-6-8-10-17(19)20/h11-14H,1-10,18H2,(H,19,20). The number of nitrogens with two attached hydrogens (primary N) is 1. The fourth-order valence-electron chi connectivity index (χ4n) is 2.35. The summed E-state index contributed by atoms with van der Waals surface area (Å²) >= 11 is 0. The Morgan fingerprint density at radius 2 is 1.35 bits per heavy atom. The van der Waals surface area contributed by atoms with Crippen molar-refractivity contribution in [3.63, 3.8) is 0 Å². The van der Waals surface area contributed by atoms with E-state index in [1.807, 2.05) is 12.1 Å². The van der Waals surface area contributed by atoms with Crippen LogP contribution in [0.2, 0.25) is 0 Å². The molecule has 0 saturated heterocycles. The molecule has 0 aromatic heterocycles. The smallest absolute Gasteiger partial charge is 0.303 e. The highest BCUT2D eigenvalue weighted by Gasteiger charge is 1.97. The van der Waals surface area contributed by atoms with Crippen molar-refractivity contribution < 1.29 is 9.90 Å². The van der Waals surface area contributed by atoms with E-state index >= 15 is 0 Å². The molecule has 3 nitrogen and oxygen atoms in total. The summed E-state index contributed by atoms with van der Waals surface area (Å²) in [5, 5.41) is 8.52. The molecular weight excluding hydrogens is 250 g/mol. The molecule has 1 aromatic carbocycles. The highest BCUT2D eigenvalue weighted by Crippen LogP contribution is 2.13. The second-order valence-electron chi connectivity index (χ2n) is 5.46. The van der Waals surface area contributed by atoms with Gasteiger partial charge in [-0.25, -0.2) is 0 Å². The van der Waals surface area contributed by atoms with E-state index < -0.39 is 5.97 Å². The molecule has 112 valence electrons. The molecule has 0 fully saturated rings. The van der Waals surface area contributed by atoms with Crippen molar-refractivity contribution in [3.8, 4) is 0 Å². The van der Waals surface area contributed by atoms with Crippen LogP contribution in [0.3, 0.4) is 0 Å². The Kier molecular flexibility index (Phi) is 8.52. The van der Waals surface area contributed by atoms with E-state index in [0.717, 1.165) is 24.9 Å². The lowest BCUT2D eigenvalue weighted by molar-refractivity contribution is -0.137. The minimum absolute atomic E-state index is 0.321. The van der Waals surface area contributed by atoms with E-state index in [2.05, 4.69) is 12.1 Å². The van der Waals surface area contributed by atoms with Crippen molar-refractivity contribution in [2.45, 2.75) is 64.2 Å². The first-order valence-electron chi connectivity index (χ1n) is 7.74. The number of unbranched alkanes of at least 4 members (excludes halogenated alkanes) is 7. The average Bonchev–Trinajstić information content (AvgIpc) is 2.42. The lowest BCUT2D eigenvalue weighted by atomic mass is 10.0. The molecule has 3 N–H and O–H groups in total. The lowest BCUT2D eigenvalue weighted by Gasteiger charge is -2.03. The zero-order valence-electron chi connectivity index (χ0n) is 12.3. The van der Waals surface area contributed by atoms with E-state index in [-0.39, 0.29) is 0 Å². The van der Waals surface area contributed by atoms with Gasteiger partial charge >= 0.3 is 5.97 Å². The maximum Gasteiger partial charge on any atom is 0.303 e. The van der Waals surface area contributed by atoms with Crippen LogP contribution in [-0.4, -0.2) is 11.1 Å². The summed E-state index contributed by atoms with van der Waals surface area (Å²) in [4.78, 5) is 10.3. The van der Waals surface area contributed by atoms with Gasteiger partial charge in [0.25, 0.3) is 0 Å². The molecule has 0 atom stereocenters. The van der Waals surface area contributed by atoms with Gasteiger partial charge in [-0.3, -0.25) is 4.79 Å². The zero-order valence-corrected chi connectivity index (χ0v) is 12.3. The topological polar surface area (TPSA) is 63.3 Å². The number of hydrogen-bond acceptors (Lipinski definition) is 2. The monoisotopic (exact) mass is 277 g/mol. The number of aryl methyl sites for hydroxylation is 1. The Labute approximate surface area is 122 Å². The normalized spacial score (nSPS) is 10.6. The van der Waals surface area contributed by atoms with Gasteiger partial charge in [0.1, 0.15) is 0 Å². The number of anilines is 1. The third-order valence-corrected chi connectivity index (χ3v) is 3.59. The number of carbonyl (C=O) groups is 1. The molecule has 0 aliphatic carbocycles. The number of hydrogen-bond donors (Lipinski definition) is 2. The number of carboxylic acids is 1. The molecule has 0 unspecified atom stereocenters. The number of aliphatic carboxylic acids is 1. The highest BCUT2D eigenvalue weighted by molar-refractivity contribution is 5.66. The van der Waals surface area contributed by atoms with Crippen LogP contribution in [-0.2, 0) is 11.2 Å². The van der Waals surface area contributed by atoms with Crippen LogP contribution in [0.25, 0.3) is 0 Å². The summed E-state index contributed by atoms with van der Waals surface area (Å²) in [6, 6.07) is 8.15. The fraction of sp³-hybridized carbons (Fsp3) is 0.588. The molecule has 0 bridgehead atoms. The number of rotatable bonds is 11. The highest BCUT2D eigenvalue weighted by atomic mass is 16.4. The third kappa shape index (κ3) is 8.57. The van der Waals surface area contributed by atoms with Gasteiger partial charge < -0.3 is 10.8 Å². The first-order valence-corrected chi connectivity index (χ1v) is 7.74. The van der Waals surface area contributed by atoms with Crippen LogP contribution in [0.4, 0.5) is 5.69 Å². The molecule has 0 spiro atoms. The Morgan fingerprint density at radius 1 is 0.850 bits per heavy atom. The Hall–Kier alpha value is -1.51. The van der Waals surface area contributed by atoms with Gasteiger partial charge in [0.2, 0.25) is 0 Å². The van der Waals surface area contributed by atoms with Gasteiger partial charge in [-0.1, -0.05) is 50.7 Å². The second kappa shape index (κ2) is 10.3.